The van der Waals surface area contributed by atoms with Crippen molar-refractivity contribution in [2.75, 3.05) is 5.32 Å². The highest BCUT2D eigenvalue weighted by Gasteiger charge is 2.40. The van der Waals surface area contributed by atoms with Crippen molar-refractivity contribution < 1.29 is 31.5 Å². The minimum atomic E-state index is -4.69. The summed E-state index contributed by atoms with van der Waals surface area (Å²) in [6.45, 7) is 1.20. The highest BCUT2D eigenvalue weighted by molar-refractivity contribution is 6.40. The van der Waals surface area contributed by atoms with Gasteiger partial charge in [0.1, 0.15) is 6.04 Å². The average Bonchev–Trinajstić information content (AvgIpc) is 2.85. The zero-order valence-electron chi connectivity index (χ0n) is 12.2. The Kier molecular flexibility index (Phi) is 4.76. The molecule has 1 aromatic carbocycles. The van der Waals surface area contributed by atoms with Crippen LogP contribution in [0, 0.1) is 11.6 Å². The average molecular weight is 349 g/mol. The van der Waals surface area contributed by atoms with Crippen LogP contribution in [0.5, 0.6) is 0 Å². The zero-order chi connectivity index (χ0) is 18.1. The molecule has 0 aliphatic heterocycles. The van der Waals surface area contributed by atoms with E-state index in [-0.39, 0.29) is 16.6 Å². The lowest BCUT2D eigenvalue weighted by Gasteiger charge is -2.19. The van der Waals surface area contributed by atoms with Crippen molar-refractivity contribution in [3.05, 3.63) is 30.0 Å². The Bertz CT molecular complexity index is 785. The molecule has 0 saturated heterocycles. The number of nitrogens with one attached hydrogen (secondary N) is 3. The molecule has 0 unspecified atom stereocenters. The van der Waals surface area contributed by atoms with Gasteiger partial charge in [0.2, 0.25) is 0 Å². The van der Waals surface area contributed by atoms with Crippen LogP contribution in [0.25, 0.3) is 10.9 Å². The first-order chi connectivity index (χ1) is 11.1. The molecule has 0 fully saturated rings. The van der Waals surface area contributed by atoms with Gasteiger partial charge in [0.15, 0.2) is 11.6 Å². The summed E-state index contributed by atoms with van der Waals surface area (Å²) in [5.41, 5.74) is 0.0791. The Labute approximate surface area is 132 Å². The summed E-state index contributed by atoms with van der Waals surface area (Å²) >= 11 is 0. The lowest BCUT2D eigenvalue weighted by atomic mass is 10.2. The Morgan fingerprint density at radius 3 is 2.38 bits per heavy atom. The van der Waals surface area contributed by atoms with Gasteiger partial charge < -0.3 is 15.6 Å². The Morgan fingerprint density at radius 2 is 1.79 bits per heavy atom. The number of amides is 2. The Balaban J connectivity index is 2.15. The number of halogens is 5. The van der Waals surface area contributed by atoms with E-state index in [0.29, 0.717) is 0 Å². The molecule has 24 heavy (non-hydrogen) atoms. The van der Waals surface area contributed by atoms with Crippen molar-refractivity contribution in [3.63, 3.8) is 0 Å². The zero-order valence-corrected chi connectivity index (χ0v) is 12.2. The molecular weight excluding hydrogens is 337 g/mol. The van der Waals surface area contributed by atoms with Crippen LogP contribution in [0.4, 0.5) is 27.6 Å². The van der Waals surface area contributed by atoms with Gasteiger partial charge in [-0.25, -0.2) is 8.78 Å². The summed E-state index contributed by atoms with van der Waals surface area (Å²) in [6.07, 6.45) is -3.97. The van der Waals surface area contributed by atoms with E-state index in [4.69, 9.17) is 0 Å². The minimum Gasteiger partial charge on any atom is -0.359 e. The summed E-state index contributed by atoms with van der Waals surface area (Å²) < 4.78 is 64.1. The molecule has 0 bridgehead atoms. The number of H-pyrrole nitrogens is 1. The van der Waals surface area contributed by atoms with E-state index >= 15 is 0 Å². The van der Waals surface area contributed by atoms with Crippen molar-refractivity contribution in [2.24, 2.45) is 0 Å². The number of fused-ring (bicyclic) bond motifs is 1. The maximum absolute atomic E-state index is 13.2. The third kappa shape index (κ3) is 3.63. The lowest BCUT2D eigenvalue weighted by Crippen LogP contribution is -2.48. The van der Waals surface area contributed by atoms with Crippen molar-refractivity contribution in [2.45, 2.75) is 25.6 Å². The Hall–Kier alpha value is -2.65. The molecule has 2 amide bonds. The van der Waals surface area contributed by atoms with E-state index in [1.807, 2.05) is 0 Å². The molecule has 1 atom stereocenters. The third-order valence-electron chi connectivity index (χ3n) is 3.29. The van der Waals surface area contributed by atoms with E-state index in [1.54, 1.807) is 5.32 Å². The standard InChI is InChI=1S/C14H12F5N3O2/c1-2-11(14(17,18)19)22-13(24)12(23)21-10-5-20-9-4-8(16)7(15)3-6(9)10/h3-5,11,20H,2H2,1H3,(H,21,23)(H,22,24)/t11-/m1/s1. The first-order valence-corrected chi connectivity index (χ1v) is 6.78. The molecule has 0 aliphatic rings. The normalized spacial score (nSPS) is 12.9. The second-order valence-electron chi connectivity index (χ2n) is 4.94. The monoisotopic (exact) mass is 349 g/mol. The number of anilines is 1. The molecule has 3 N–H and O–H groups in total. The van der Waals surface area contributed by atoms with E-state index in [2.05, 4.69) is 10.3 Å². The number of aromatic amines is 1. The number of carbonyl (C=O) groups excluding carboxylic acids is 2. The molecule has 10 heteroatoms. The third-order valence-corrected chi connectivity index (χ3v) is 3.29. The van der Waals surface area contributed by atoms with Crippen LogP contribution >= 0.6 is 0 Å². The fourth-order valence-corrected chi connectivity index (χ4v) is 2.04. The van der Waals surface area contributed by atoms with Crippen LogP contribution in [0.1, 0.15) is 13.3 Å². The largest absolute Gasteiger partial charge is 0.408 e. The molecule has 0 spiro atoms. The lowest BCUT2D eigenvalue weighted by molar-refractivity contribution is -0.163. The van der Waals surface area contributed by atoms with E-state index in [0.717, 1.165) is 18.3 Å². The maximum Gasteiger partial charge on any atom is 0.408 e. The second-order valence-corrected chi connectivity index (χ2v) is 4.94. The fraction of sp³-hybridized carbons (Fsp3) is 0.286. The van der Waals surface area contributed by atoms with Gasteiger partial charge in [-0.1, -0.05) is 6.92 Å². The fourth-order valence-electron chi connectivity index (χ4n) is 2.04. The van der Waals surface area contributed by atoms with Gasteiger partial charge in [-0.3, -0.25) is 9.59 Å². The highest BCUT2D eigenvalue weighted by atomic mass is 19.4. The van der Waals surface area contributed by atoms with Gasteiger partial charge >= 0.3 is 18.0 Å². The number of carbonyl (C=O) groups is 2. The minimum absolute atomic E-state index is 0.0656. The van der Waals surface area contributed by atoms with E-state index < -0.39 is 42.1 Å². The number of rotatable bonds is 3. The van der Waals surface area contributed by atoms with E-state index in [9.17, 15) is 31.5 Å². The van der Waals surface area contributed by atoms with Gasteiger partial charge in [-0.15, -0.1) is 0 Å². The van der Waals surface area contributed by atoms with Crippen LogP contribution in [-0.4, -0.2) is 29.0 Å². The first-order valence-electron chi connectivity index (χ1n) is 6.78. The molecule has 0 saturated carbocycles. The van der Waals surface area contributed by atoms with Crippen molar-refractivity contribution in [3.8, 4) is 0 Å². The molecule has 0 aliphatic carbocycles. The van der Waals surface area contributed by atoms with Gasteiger partial charge in [0.25, 0.3) is 0 Å². The number of hydrogen-bond donors (Lipinski definition) is 3. The SMILES string of the molecule is CC[C@@H](NC(=O)C(=O)Nc1c[nH]c2cc(F)c(F)cc12)C(F)(F)F. The molecule has 1 aromatic heterocycles. The smallest absolute Gasteiger partial charge is 0.359 e. The quantitative estimate of drug-likeness (QED) is 0.589. The van der Waals surface area contributed by atoms with Crippen LogP contribution < -0.4 is 10.6 Å². The number of alkyl halides is 3. The molecule has 0 radical (unpaired) electrons. The predicted octanol–water partition coefficient (Wildman–Crippen LogP) is 2.84. The van der Waals surface area contributed by atoms with Gasteiger partial charge in [-0.2, -0.15) is 13.2 Å². The van der Waals surface area contributed by atoms with Crippen molar-refractivity contribution in [1.29, 1.82) is 0 Å². The van der Waals surface area contributed by atoms with Crippen molar-refractivity contribution in [1.82, 2.24) is 10.3 Å². The van der Waals surface area contributed by atoms with Crippen molar-refractivity contribution >= 4 is 28.4 Å². The summed E-state index contributed by atoms with van der Waals surface area (Å²) in [7, 11) is 0. The summed E-state index contributed by atoms with van der Waals surface area (Å²) in [6, 6.07) is -0.526. The molecular formula is C14H12F5N3O2. The first kappa shape index (κ1) is 17.7. The highest BCUT2D eigenvalue weighted by Crippen LogP contribution is 2.26. The van der Waals surface area contributed by atoms with Crippen LogP contribution in [-0.2, 0) is 9.59 Å². The summed E-state index contributed by atoms with van der Waals surface area (Å²) in [5, 5.41) is 3.69. The predicted molar refractivity (Wildman–Crippen MR) is 75.1 cm³/mol. The molecule has 2 rings (SSSR count). The number of hydrogen-bond acceptors (Lipinski definition) is 2. The van der Waals surface area contributed by atoms with Gasteiger partial charge in [0, 0.05) is 17.6 Å². The Morgan fingerprint density at radius 1 is 1.17 bits per heavy atom. The van der Waals surface area contributed by atoms with Gasteiger partial charge in [-0.05, 0) is 12.5 Å². The second kappa shape index (κ2) is 6.46. The van der Waals surface area contributed by atoms with Crippen LogP contribution in [0.3, 0.4) is 0 Å². The van der Waals surface area contributed by atoms with Crippen LogP contribution in [0.15, 0.2) is 18.3 Å². The molecule has 1 heterocycles. The topological polar surface area (TPSA) is 74.0 Å². The molecule has 5 nitrogen and oxygen atoms in total. The number of aromatic nitrogens is 1. The van der Waals surface area contributed by atoms with Crippen LogP contribution in [0.2, 0.25) is 0 Å². The summed E-state index contributed by atoms with van der Waals surface area (Å²) in [5.74, 6) is -5.14. The van der Waals surface area contributed by atoms with Gasteiger partial charge in [0.05, 0.1) is 11.2 Å². The van der Waals surface area contributed by atoms with E-state index in [1.165, 1.54) is 6.92 Å². The number of benzene rings is 1. The molecule has 2 aromatic rings. The summed E-state index contributed by atoms with van der Waals surface area (Å²) in [4.78, 5) is 25.8. The maximum atomic E-state index is 13.2. The molecule has 130 valence electrons.